The summed E-state index contributed by atoms with van der Waals surface area (Å²) in [6.07, 6.45) is 1.79. The Balaban J connectivity index is 1.69. The molecule has 106 valence electrons. The zero-order chi connectivity index (χ0) is 14.6. The van der Waals surface area contributed by atoms with Crippen LogP contribution in [0, 0.1) is 6.92 Å². The highest BCUT2D eigenvalue weighted by atomic mass is 16.2. The molecule has 1 aliphatic rings. The number of carbonyl (C=O) groups is 1. The molecule has 0 unspecified atom stereocenters. The first-order chi connectivity index (χ1) is 10.1. The van der Waals surface area contributed by atoms with E-state index >= 15 is 0 Å². The van der Waals surface area contributed by atoms with Crippen LogP contribution < -0.4 is 0 Å². The van der Waals surface area contributed by atoms with Gasteiger partial charge in [-0.25, -0.2) is 9.78 Å². The van der Waals surface area contributed by atoms with Gasteiger partial charge in [0.25, 0.3) is 0 Å². The third kappa shape index (κ3) is 1.70. The topological polar surface area (TPSA) is 43.1 Å². The summed E-state index contributed by atoms with van der Waals surface area (Å²) >= 11 is 0. The summed E-state index contributed by atoms with van der Waals surface area (Å²) < 4.78 is 3.79. The number of rotatable bonds is 2. The number of carbonyl (C=O) groups excluding carboxylic acids is 1. The van der Waals surface area contributed by atoms with Gasteiger partial charge in [0, 0.05) is 23.8 Å². The van der Waals surface area contributed by atoms with Gasteiger partial charge in [0.1, 0.15) is 0 Å². The van der Waals surface area contributed by atoms with Gasteiger partial charge in [-0.2, -0.15) is 0 Å². The first-order valence-electron chi connectivity index (χ1n) is 7.00. The highest BCUT2D eigenvalue weighted by Gasteiger charge is 2.29. The summed E-state index contributed by atoms with van der Waals surface area (Å²) in [5.74, 6) is 0. The second kappa shape index (κ2) is 4.22. The number of para-hydroxylation sites is 1. The molecule has 1 aromatic carbocycles. The van der Waals surface area contributed by atoms with E-state index in [2.05, 4.69) is 11.1 Å². The summed E-state index contributed by atoms with van der Waals surface area (Å²) in [7, 11) is 1.97. The minimum atomic E-state index is 0.0382. The number of nitrogens with zero attached hydrogens (tertiary/aromatic N) is 4. The molecule has 0 atom stereocenters. The van der Waals surface area contributed by atoms with Gasteiger partial charge < -0.3 is 9.47 Å². The number of aryl methyl sites for hydroxylation is 1. The lowest BCUT2D eigenvalue weighted by atomic mass is 10.2. The summed E-state index contributed by atoms with van der Waals surface area (Å²) in [5, 5.41) is 1.12. The fourth-order valence-corrected chi connectivity index (χ4v) is 2.96. The smallest absolute Gasteiger partial charge is 0.329 e. The number of amides is 1. The predicted molar refractivity (Wildman–Crippen MR) is 79.9 cm³/mol. The van der Waals surface area contributed by atoms with Crippen LogP contribution in [0.2, 0.25) is 0 Å². The van der Waals surface area contributed by atoms with Crippen molar-refractivity contribution in [3.05, 3.63) is 53.7 Å². The molecular formula is C16H16N4O. The van der Waals surface area contributed by atoms with E-state index in [0.29, 0.717) is 13.1 Å². The zero-order valence-corrected chi connectivity index (χ0v) is 12.1. The summed E-state index contributed by atoms with van der Waals surface area (Å²) in [6, 6.07) is 10.1. The Bertz CT molecular complexity index is 858. The number of hydrogen-bond acceptors (Lipinski definition) is 2. The maximum absolute atomic E-state index is 12.6. The molecule has 0 saturated carbocycles. The molecule has 0 bridgehead atoms. The molecule has 3 heterocycles. The van der Waals surface area contributed by atoms with Crippen molar-refractivity contribution in [2.75, 3.05) is 0 Å². The summed E-state index contributed by atoms with van der Waals surface area (Å²) in [5.41, 5.74) is 4.10. The van der Waals surface area contributed by atoms with E-state index in [1.165, 1.54) is 0 Å². The number of fused-ring (bicyclic) bond motifs is 3. The van der Waals surface area contributed by atoms with Crippen LogP contribution in [-0.4, -0.2) is 25.0 Å². The van der Waals surface area contributed by atoms with Gasteiger partial charge in [-0.3, -0.25) is 4.57 Å². The van der Waals surface area contributed by atoms with Crippen molar-refractivity contribution >= 4 is 16.9 Å². The Morgan fingerprint density at radius 2 is 2.10 bits per heavy atom. The molecule has 1 aliphatic heterocycles. The van der Waals surface area contributed by atoms with E-state index in [9.17, 15) is 4.79 Å². The van der Waals surface area contributed by atoms with Crippen molar-refractivity contribution in [3.63, 3.8) is 0 Å². The average molecular weight is 280 g/mol. The molecule has 0 spiro atoms. The van der Waals surface area contributed by atoms with Crippen molar-refractivity contribution < 1.29 is 4.79 Å². The highest BCUT2D eigenvalue weighted by Crippen LogP contribution is 2.27. The van der Waals surface area contributed by atoms with Crippen molar-refractivity contribution in [2.24, 2.45) is 7.05 Å². The standard InChI is InChI=1S/C16H16N4O/c1-11-14(17-10-18(11)2)9-19-8-13-7-12-5-3-4-6-15(12)20(13)16(19)21/h3-7,10H,8-9H2,1-2H3. The Kier molecular flexibility index (Phi) is 2.45. The normalized spacial score (nSPS) is 14.2. The quantitative estimate of drug-likeness (QED) is 0.724. The second-order valence-electron chi connectivity index (χ2n) is 5.56. The predicted octanol–water partition coefficient (Wildman–Crippen LogP) is 2.67. The zero-order valence-electron chi connectivity index (χ0n) is 12.1. The lowest BCUT2D eigenvalue weighted by Gasteiger charge is -2.14. The van der Waals surface area contributed by atoms with Crippen LogP contribution in [0.1, 0.15) is 17.1 Å². The maximum atomic E-state index is 12.6. The van der Waals surface area contributed by atoms with Crippen molar-refractivity contribution in [1.82, 2.24) is 19.0 Å². The van der Waals surface area contributed by atoms with E-state index in [1.54, 1.807) is 6.33 Å². The molecule has 0 fully saturated rings. The average Bonchev–Trinajstić information content (AvgIpc) is 3.09. The van der Waals surface area contributed by atoms with Crippen LogP contribution in [0.5, 0.6) is 0 Å². The Morgan fingerprint density at radius 3 is 2.86 bits per heavy atom. The number of benzene rings is 1. The molecule has 0 radical (unpaired) electrons. The Labute approximate surface area is 122 Å². The molecule has 5 heteroatoms. The lowest BCUT2D eigenvalue weighted by molar-refractivity contribution is 0.207. The molecule has 0 N–H and O–H groups in total. The summed E-state index contributed by atoms with van der Waals surface area (Å²) in [4.78, 5) is 18.9. The van der Waals surface area contributed by atoms with E-state index in [-0.39, 0.29) is 6.03 Å². The van der Waals surface area contributed by atoms with Crippen LogP contribution in [0.3, 0.4) is 0 Å². The van der Waals surface area contributed by atoms with Gasteiger partial charge in [-0.1, -0.05) is 18.2 Å². The number of imidazole rings is 1. The Hall–Kier alpha value is -2.56. The van der Waals surface area contributed by atoms with Crippen LogP contribution >= 0.6 is 0 Å². The Morgan fingerprint density at radius 1 is 1.29 bits per heavy atom. The van der Waals surface area contributed by atoms with Gasteiger partial charge in [-0.15, -0.1) is 0 Å². The second-order valence-corrected chi connectivity index (χ2v) is 5.56. The minimum absolute atomic E-state index is 0.0382. The molecule has 2 aromatic heterocycles. The van der Waals surface area contributed by atoms with Crippen molar-refractivity contribution in [2.45, 2.75) is 20.0 Å². The maximum Gasteiger partial charge on any atom is 0.329 e. The fraction of sp³-hybridized carbons (Fsp3) is 0.250. The third-order valence-corrected chi connectivity index (χ3v) is 4.28. The first-order valence-corrected chi connectivity index (χ1v) is 7.00. The van der Waals surface area contributed by atoms with Crippen molar-refractivity contribution in [3.8, 4) is 0 Å². The molecule has 0 aliphatic carbocycles. The van der Waals surface area contributed by atoms with Crippen LogP contribution in [0.15, 0.2) is 36.7 Å². The van der Waals surface area contributed by atoms with Gasteiger partial charge >= 0.3 is 6.03 Å². The molecule has 3 aromatic rings. The molecule has 0 saturated heterocycles. The monoisotopic (exact) mass is 280 g/mol. The summed E-state index contributed by atoms with van der Waals surface area (Å²) in [6.45, 7) is 3.23. The number of hydrogen-bond donors (Lipinski definition) is 0. The molecule has 4 rings (SSSR count). The fourth-order valence-electron chi connectivity index (χ4n) is 2.96. The highest BCUT2D eigenvalue weighted by molar-refractivity contribution is 5.94. The third-order valence-electron chi connectivity index (χ3n) is 4.28. The van der Waals surface area contributed by atoms with E-state index in [1.807, 2.05) is 52.3 Å². The molecule has 5 nitrogen and oxygen atoms in total. The molecular weight excluding hydrogens is 264 g/mol. The van der Waals surface area contributed by atoms with Crippen LogP contribution in [-0.2, 0) is 20.1 Å². The van der Waals surface area contributed by atoms with Crippen molar-refractivity contribution in [1.29, 1.82) is 0 Å². The van der Waals surface area contributed by atoms with Gasteiger partial charge in [0.15, 0.2) is 0 Å². The minimum Gasteiger partial charge on any atom is -0.338 e. The number of aromatic nitrogens is 3. The first kappa shape index (κ1) is 12.2. The van der Waals surface area contributed by atoms with Gasteiger partial charge in [0.05, 0.1) is 30.6 Å². The van der Waals surface area contributed by atoms with Gasteiger partial charge in [-0.05, 0) is 19.1 Å². The van der Waals surface area contributed by atoms with E-state index < -0.39 is 0 Å². The molecule has 21 heavy (non-hydrogen) atoms. The van der Waals surface area contributed by atoms with E-state index in [4.69, 9.17) is 0 Å². The SMILES string of the molecule is Cc1c(CN2Cc3cc4ccccc4n3C2=O)ncn1C. The van der Waals surface area contributed by atoms with Crippen LogP contribution in [0.25, 0.3) is 10.9 Å². The largest absolute Gasteiger partial charge is 0.338 e. The van der Waals surface area contributed by atoms with E-state index in [0.717, 1.165) is 28.0 Å². The lowest BCUT2D eigenvalue weighted by Crippen LogP contribution is -2.26. The molecule has 1 amide bonds. The van der Waals surface area contributed by atoms with Crippen LogP contribution in [0.4, 0.5) is 4.79 Å². The van der Waals surface area contributed by atoms with Gasteiger partial charge in [0.2, 0.25) is 0 Å².